The van der Waals surface area contributed by atoms with Gasteiger partial charge in [-0.05, 0) is 62.1 Å². The molecule has 2 aromatic rings. The summed E-state index contributed by atoms with van der Waals surface area (Å²) < 4.78 is 5.36. The second-order valence-corrected chi connectivity index (χ2v) is 10.4. The number of ether oxygens (including phenoxy) is 1. The van der Waals surface area contributed by atoms with Gasteiger partial charge in [0.2, 0.25) is 5.91 Å². The average molecular weight is 543 g/mol. The molecule has 0 aromatic heterocycles. The molecule has 2 amide bonds. The molecule has 2 aliphatic rings. The maximum absolute atomic E-state index is 13.3. The van der Waals surface area contributed by atoms with Crippen LogP contribution in [0.2, 0.25) is 10.0 Å². The molecule has 1 aliphatic heterocycles. The summed E-state index contributed by atoms with van der Waals surface area (Å²) in [5, 5.41) is 3.90. The number of esters is 1. The van der Waals surface area contributed by atoms with Gasteiger partial charge in [0.05, 0.1) is 28.8 Å². The Bertz CT molecular complexity index is 1200. The lowest BCUT2D eigenvalue weighted by molar-refractivity contribution is -0.140. The molecular formula is C29H32Cl2N2O4. The smallest absolute Gasteiger partial charge is 0.336 e. The van der Waals surface area contributed by atoms with Crippen LogP contribution in [0.15, 0.2) is 53.7 Å². The molecule has 1 atom stereocenters. The average Bonchev–Trinajstić information content (AvgIpc) is 2.89. The van der Waals surface area contributed by atoms with Crippen LogP contribution in [-0.4, -0.2) is 35.3 Å². The van der Waals surface area contributed by atoms with Crippen LogP contribution in [-0.2, 0) is 20.9 Å². The van der Waals surface area contributed by atoms with E-state index >= 15 is 0 Å². The van der Waals surface area contributed by atoms with Crippen molar-refractivity contribution in [1.29, 1.82) is 0 Å². The molecule has 196 valence electrons. The number of carbonyl (C=O) groups excluding carboxylic acids is 3. The fourth-order valence-corrected chi connectivity index (χ4v) is 5.46. The summed E-state index contributed by atoms with van der Waals surface area (Å²) in [6.45, 7) is 4.02. The summed E-state index contributed by atoms with van der Waals surface area (Å²) in [5.41, 5.74) is 3.17. The lowest BCUT2D eigenvalue weighted by Crippen LogP contribution is -2.38. The molecule has 2 aromatic carbocycles. The van der Waals surface area contributed by atoms with Crippen molar-refractivity contribution in [1.82, 2.24) is 10.2 Å². The quantitative estimate of drug-likeness (QED) is 0.410. The first-order valence-electron chi connectivity index (χ1n) is 12.8. The minimum atomic E-state index is -0.483. The van der Waals surface area contributed by atoms with Crippen LogP contribution in [0.5, 0.6) is 0 Å². The first kappa shape index (κ1) is 27.2. The van der Waals surface area contributed by atoms with Crippen molar-refractivity contribution in [2.45, 2.75) is 70.9 Å². The normalized spacial score (nSPS) is 18.6. The van der Waals surface area contributed by atoms with E-state index in [4.69, 9.17) is 27.9 Å². The minimum Gasteiger partial charge on any atom is -0.463 e. The number of hydrogen-bond donors (Lipinski definition) is 1. The third-order valence-electron chi connectivity index (χ3n) is 7.16. The van der Waals surface area contributed by atoms with Crippen LogP contribution in [0, 0.1) is 0 Å². The zero-order valence-electron chi connectivity index (χ0n) is 21.2. The lowest BCUT2D eigenvalue weighted by Gasteiger charge is -2.34. The van der Waals surface area contributed by atoms with E-state index in [-0.39, 0.29) is 37.4 Å². The maximum atomic E-state index is 13.3. The number of amides is 2. The predicted molar refractivity (Wildman–Crippen MR) is 144 cm³/mol. The van der Waals surface area contributed by atoms with Gasteiger partial charge in [0, 0.05) is 29.6 Å². The van der Waals surface area contributed by atoms with Gasteiger partial charge in [-0.15, -0.1) is 0 Å². The van der Waals surface area contributed by atoms with Crippen molar-refractivity contribution < 1.29 is 19.1 Å². The first-order valence-corrected chi connectivity index (χ1v) is 13.6. The Balaban J connectivity index is 1.55. The number of nitrogens with zero attached hydrogens (tertiary/aromatic N) is 1. The second-order valence-electron chi connectivity index (χ2n) is 9.64. The van der Waals surface area contributed by atoms with E-state index in [1.807, 2.05) is 12.1 Å². The fourth-order valence-electron chi connectivity index (χ4n) is 5.15. The highest BCUT2D eigenvalue weighted by Crippen LogP contribution is 2.39. The Hall–Kier alpha value is -2.83. The van der Waals surface area contributed by atoms with Crippen LogP contribution >= 0.6 is 23.2 Å². The molecule has 0 spiro atoms. The molecule has 0 unspecified atom stereocenters. The molecule has 1 N–H and O–H groups in total. The van der Waals surface area contributed by atoms with Gasteiger partial charge in [-0.3, -0.25) is 9.59 Å². The van der Waals surface area contributed by atoms with Crippen LogP contribution in [0.25, 0.3) is 0 Å². The molecule has 0 bridgehead atoms. The molecule has 8 heteroatoms. The molecule has 4 rings (SSSR count). The van der Waals surface area contributed by atoms with Gasteiger partial charge in [0.1, 0.15) is 0 Å². The highest BCUT2D eigenvalue weighted by molar-refractivity contribution is 6.42. The zero-order chi connectivity index (χ0) is 26.5. The van der Waals surface area contributed by atoms with E-state index in [1.165, 1.54) is 6.42 Å². The monoisotopic (exact) mass is 542 g/mol. The van der Waals surface area contributed by atoms with Gasteiger partial charge in [-0.2, -0.15) is 0 Å². The van der Waals surface area contributed by atoms with E-state index in [9.17, 15) is 14.4 Å². The Labute approximate surface area is 228 Å². The summed E-state index contributed by atoms with van der Waals surface area (Å²) in [5.74, 6) is -1.12. The standard InChI is InChI=1S/C29H32Cl2N2O4/c1-3-37-29(36)27-18(2)33(26(34)16-23(27)21-13-14-24(30)25(31)15-21)17-19-9-11-20(12-10-19)28(35)32-22-7-5-4-6-8-22/h9-15,22-23H,3-8,16-17H2,1-2H3,(H,32,35)/t23-/m1/s1. The minimum absolute atomic E-state index is 0.0716. The van der Waals surface area contributed by atoms with Gasteiger partial charge in [0.15, 0.2) is 0 Å². The van der Waals surface area contributed by atoms with Crippen molar-refractivity contribution >= 4 is 41.0 Å². The highest BCUT2D eigenvalue weighted by Gasteiger charge is 2.37. The van der Waals surface area contributed by atoms with Gasteiger partial charge in [0.25, 0.3) is 5.91 Å². The van der Waals surface area contributed by atoms with Gasteiger partial charge >= 0.3 is 5.97 Å². The van der Waals surface area contributed by atoms with Crippen molar-refractivity contribution in [3.8, 4) is 0 Å². The fraction of sp³-hybridized carbons (Fsp3) is 0.414. The van der Waals surface area contributed by atoms with Crippen molar-refractivity contribution in [2.75, 3.05) is 6.61 Å². The van der Waals surface area contributed by atoms with Gasteiger partial charge < -0.3 is 15.0 Å². The molecule has 1 fully saturated rings. The Morgan fingerprint density at radius 3 is 2.38 bits per heavy atom. The molecule has 0 saturated heterocycles. The van der Waals surface area contributed by atoms with E-state index < -0.39 is 11.9 Å². The number of rotatable bonds is 7. The molecule has 1 saturated carbocycles. The molecule has 6 nitrogen and oxygen atoms in total. The third-order valence-corrected chi connectivity index (χ3v) is 7.90. The van der Waals surface area contributed by atoms with E-state index in [1.54, 1.807) is 49.1 Å². The Morgan fingerprint density at radius 1 is 1.03 bits per heavy atom. The third kappa shape index (κ3) is 6.36. The largest absolute Gasteiger partial charge is 0.463 e. The van der Waals surface area contributed by atoms with Crippen LogP contribution < -0.4 is 5.32 Å². The molecule has 0 radical (unpaired) electrons. The van der Waals surface area contributed by atoms with Gasteiger partial charge in [-0.1, -0.05) is 60.7 Å². The van der Waals surface area contributed by atoms with E-state index in [0.29, 0.717) is 26.9 Å². The first-order chi connectivity index (χ1) is 17.8. The second kappa shape index (κ2) is 12.1. The predicted octanol–water partition coefficient (Wildman–Crippen LogP) is 6.41. The number of halogens is 2. The molecule has 37 heavy (non-hydrogen) atoms. The SMILES string of the molecule is CCOC(=O)C1=C(C)N(Cc2ccc(C(=O)NC3CCCCC3)cc2)C(=O)C[C@@H]1c1ccc(Cl)c(Cl)c1. The molecule has 1 heterocycles. The number of hydrogen-bond acceptors (Lipinski definition) is 4. The van der Waals surface area contributed by atoms with E-state index in [0.717, 1.165) is 36.8 Å². The topological polar surface area (TPSA) is 75.7 Å². The van der Waals surface area contributed by atoms with E-state index in [2.05, 4.69) is 5.32 Å². The van der Waals surface area contributed by atoms with Crippen molar-refractivity contribution in [3.63, 3.8) is 0 Å². The maximum Gasteiger partial charge on any atom is 0.336 e. The Morgan fingerprint density at radius 2 is 1.73 bits per heavy atom. The summed E-state index contributed by atoms with van der Waals surface area (Å²) in [7, 11) is 0. The molecular weight excluding hydrogens is 511 g/mol. The number of benzene rings is 2. The van der Waals surface area contributed by atoms with Crippen LogP contribution in [0.3, 0.4) is 0 Å². The summed E-state index contributed by atoms with van der Waals surface area (Å²) >= 11 is 12.3. The Kier molecular flexibility index (Phi) is 8.93. The van der Waals surface area contributed by atoms with Crippen molar-refractivity contribution in [2.24, 2.45) is 0 Å². The highest BCUT2D eigenvalue weighted by atomic mass is 35.5. The number of nitrogens with one attached hydrogen (secondary N) is 1. The zero-order valence-corrected chi connectivity index (χ0v) is 22.7. The summed E-state index contributed by atoms with van der Waals surface area (Å²) in [4.78, 5) is 40.6. The summed E-state index contributed by atoms with van der Waals surface area (Å²) in [6.07, 6.45) is 5.69. The van der Waals surface area contributed by atoms with Gasteiger partial charge in [-0.25, -0.2) is 4.79 Å². The van der Waals surface area contributed by atoms with Crippen LogP contribution in [0.4, 0.5) is 0 Å². The molecule has 1 aliphatic carbocycles. The van der Waals surface area contributed by atoms with Crippen molar-refractivity contribution in [3.05, 3.63) is 80.5 Å². The lowest BCUT2D eigenvalue weighted by atomic mass is 9.83. The summed E-state index contributed by atoms with van der Waals surface area (Å²) in [6, 6.07) is 12.7. The number of carbonyl (C=O) groups is 3. The van der Waals surface area contributed by atoms with Crippen LogP contribution in [0.1, 0.15) is 79.8 Å². The number of allylic oxidation sites excluding steroid dienone is 1.